The van der Waals surface area contributed by atoms with Gasteiger partial charge in [0.2, 0.25) is 11.6 Å². The van der Waals surface area contributed by atoms with Crippen molar-refractivity contribution in [3.8, 4) is 22.8 Å². The van der Waals surface area contributed by atoms with Crippen LogP contribution in [0, 0.1) is 10.1 Å². The molecule has 0 spiro atoms. The molecule has 178 valence electrons. The number of carbonyl (C=O) groups excluding carboxylic acids is 1. The molecule has 14 nitrogen and oxygen atoms in total. The van der Waals surface area contributed by atoms with Gasteiger partial charge in [0.05, 0.1) is 28.3 Å². The number of anilines is 1. The number of nitrogens with two attached hydrogens (primary N) is 1. The summed E-state index contributed by atoms with van der Waals surface area (Å²) in [4.78, 5) is 23.6. The lowest BCUT2D eigenvalue weighted by Gasteiger charge is -2.07. The van der Waals surface area contributed by atoms with Gasteiger partial charge in [0.1, 0.15) is 11.4 Å². The van der Waals surface area contributed by atoms with Crippen molar-refractivity contribution in [1.82, 2.24) is 30.7 Å². The Hall–Kier alpha value is -4.85. The van der Waals surface area contributed by atoms with Gasteiger partial charge in [0.25, 0.3) is 11.6 Å². The molecule has 35 heavy (non-hydrogen) atoms. The number of carbonyl (C=O) groups is 1. The van der Waals surface area contributed by atoms with E-state index in [2.05, 4.69) is 35.8 Å². The Bertz CT molecular complexity index is 1410. The van der Waals surface area contributed by atoms with E-state index in [1.54, 1.807) is 24.3 Å². The molecule has 1 amide bonds. The van der Waals surface area contributed by atoms with E-state index in [-0.39, 0.29) is 39.3 Å². The van der Waals surface area contributed by atoms with Crippen molar-refractivity contribution < 1.29 is 19.1 Å². The van der Waals surface area contributed by atoms with E-state index in [1.165, 1.54) is 22.9 Å². The third-order valence-electron chi connectivity index (χ3n) is 4.61. The van der Waals surface area contributed by atoms with Crippen LogP contribution in [0.2, 0.25) is 5.02 Å². The standard InChI is InChI=1S/C20H16ClN9O5/c1-2-34-12-8-6-11(7-9-12)17-16(24-28-29(17)19-18(22)26-35-27-19)20(31)25-23-10-13-14(21)4-3-5-15(13)30(32)33/h3-10H,2H2,1H3,(H2,22,26)(H,25,31)/b23-10-. The smallest absolute Gasteiger partial charge is 0.294 e. The highest BCUT2D eigenvalue weighted by Gasteiger charge is 2.25. The number of hydrazone groups is 1. The molecule has 0 unspecified atom stereocenters. The molecule has 0 aliphatic heterocycles. The maximum atomic E-state index is 12.9. The number of halogens is 1. The highest BCUT2D eigenvalue weighted by atomic mass is 35.5. The Morgan fingerprint density at radius 2 is 2.09 bits per heavy atom. The molecule has 0 fully saturated rings. The highest BCUT2D eigenvalue weighted by Crippen LogP contribution is 2.28. The number of rotatable bonds is 8. The van der Waals surface area contributed by atoms with Crippen LogP contribution in [-0.4, -0.2) is 49.0 Å². The van der Waals surface area contributed by atoms with Gasteiger partial charge >= 0.3 is 0 Å². The average molecular weight is 498 g/mol. The van der Waals surface area contributed by atoms with Crippen LogP contribution in [0.5, 0.6) is 5.75 Å². The molecule has 0 aliphatic carbocycles. The second-order valence-electron chi connectivity index (χ2n) is 6.76. The molecule has 0 saturated heterocycles. The number of nitro benzene ring substituents is 1. The van der Waals surface area contributed by atoms with Gasteiger partial charge in [-0.25, -0.2) is 10.1 Å². The Kier molecular flexibility index (Phi) is 6.64. The van der Waals surface area contributed by atoms with Gasteiger partial charge in [-0.2, -0.15) is 9.78 Å². The maximum Gasteiger partial charge on any atom is 0.294 e. The number of benzene rings is 2. The molecule has 15 heteroatoms. The number of aromatic nitrogens is 5. The van der Waals surface area contributed by atoms with Crippen molar-refractivity contribution in [2.75, 3.05) is 12.3 Å². The van der Waals surface area contributed by atoms with Gasteiger partial charge in [-0.1, -0.05) is 22.9 Å². The normalized spacial score (nSPS) is 11.0. The van der Waals surface area contributed by atoms with Crippen molar-refractivity contribution in [3.05, 3.63) is 68.9 Å². The van der Waals surface area contributed by atoms with Gasteiger partial charge in [0, 0.05) is 11.6 Å². The molecule has 0 bridgehead atoms. The van der Waals surface area contributed by atoms with E-state index in [4.69, 9.17) is 22.1 Å². The van der Waals surface area contributed by atoms with Crippen LogP contribution < -0.4 is 15.9 Å². The third-order valence-corrected chi connectivity index (χ3v) is 4.94. The highest BCUT2D eigenvalue weighted by molar-refractivity contribution is 6.33. The SMILES string of the molecule is CCOc1ccc(-c2c(C(=O)N/N=C\c3c(Cl)cccc3[N+](=O)[O-])nnn2-c2nonc2N)cc1. The molecule has 0 saturated carbocycles. The number of amides is 1. The summed E-state index contributed by atoms with van der Waals surface area (Å²) < 4.78 is 11.3. The summed E-state index contributed by atoms with van der Waals surface area (Å²) in [6.45, 7) is 2.34. The summed E-state index contributed by atoms with van der Waals surface area (Å²) in [6.07, 6.45) is 1.07. The zero-order valence-corrected chi connectivity index (χ0v) is 18.7. The number of hydrogen-bond acceptors (Lipinski definition) is 11. The van der Waals surface area contributed by atoms with E-state index in [9.17, 15) is 14.9 Å². The molecule has 2 heterocycles. The summed E-state index contributed by atoms with van der Waals surface area (Å²) >= 11 is 6.04. The molecule has 4 aromatic rings. The van der Waals surface area contributed by atoms with Gasteiger partial charge in [-0.05, 0) is 47.6 Å². The lowest BCUT2D eigenvalue weighted by atomic mass is 10.1. The van der Waals surface area contributed by atoms with Crippen molar-refractivity contribution in [3.63, 3.8) is 0 Å². The minimum absolute atomic E-state index is 0.0237. The average Bonchev–Trinajstić information content (AvgIpc) is 3.46. The summed E-state index contributed by atoms with van der Waals surface area (Å²) in [5.74, 6) is -0.190. The minimum atomic E-state index is -0.763. The summed E-state index contributed by atoms with van der Waals surface area (Å²) in [5.41, 5.74) is 8.43. The summed E-state index contributed by atoms with van der Waals surface area (Å²) in [6, 6.07) is 11.0. The first-order valence-corrected chi connectivity index (χ1v) is 10.3. The molecule has 3 N–H and O–H groups in total. The van der Waals surface area contributed by atoms with E-state index in [1.807, 2.05) is 6.92 Å². The molecule has 2 aromatic heterocycles. The van der Waals surface area contributed by atoms with Crippen LogP contribution in [0.4, 0.5) is 11.5 Å². The molecular weight excluding hydrogens is 482 g/mol. The van der Waals surface area contributed by atoms with Crippen LogP contribution in [0.25, 0.3) is 17.1 Å². The van der Waals surface area contributed by atoms with E-state index >= 15 is 0 Å². The maximum absolute atomic E-state index is 12.9. The molecule has 0 radical (unpaired) electrons. The van der Waals surface area contributed by atoms with Gasteiger partial charge in [0.15, 0.2) is 5.69 Å². The fourth-order valence-electron chi connectivity index (χ4n) is 3.08. The van der Waals surface area contributed by atoms with Crippen LogP contribution >= 0.6 is 11.6 Å². The van der Waals surface area contributed by atoms with Crippen LogP contribution in [0.15, 0.2) is 52.2 Å². The quantitative estimate of drug-likeness (QED) is 0.208. The van der Waals surface area contributed by atoms with Crippen molar-refractivity contribution >= 4 is 35.2 Å². The molecular formula is C20H16ClN9O5. The minimum Gasteiger partial charge on any atom is -0.494 e. The number of nitro groups is 1. The summed E-state index contributed by atoms with van der Waals surface area (Å²) in [5, 5.41) is 30.3. The predicted molar refractivity (Wildman–Crippen MR) is 123 cm³/mol. The number of nitrogens with one attached hydrogen (secondary N) is 1. The first-order valence-electron chi connectivity index (χ1n) is 9.94. The van der Waals surface area contributed by atoms with Crippen molar-refractivity contribution in [2.45, 2.75) is 6.92 Å². The largest absolute Gasteiger partial charge is 0.494 e. The zero-order chi connectivity index (χ0) is 24.9. The van der Waals surface area contributed by atoms with Crippen LogP contribution in [-0.2, 0) is 0 Å². The molecule has 4 rings (SSSR count). The van der Waals surface area contributed by atoms with Crippen LogP contribution in [0.1, 0.15) is 23.0 Å². The van der Waals surface area contributed by atoms with E-state index in [0.717, 1.165) is 6.21 Å². The van der Waals surface area contributed by atoms with Crippen LogP contribution in [0.3, 0.4) is 0 Å². The number of nitrogen functional groups attached to an aromatic ring is 1. The Morgan fingerprint density at radius 3 is 2.74 bits per heavy atom. The Morgan fingerprint density at radius 1 is 1.31 bits per heavy atom. The topological polar surface area (TPSA) is 189 Å². The first-order chi connectivity index (χ1) is 16.9. The van der Waals surface area contributed by atoms with Gasteiger partial charge in [-0.15, -0.1) is 5.10 Å². The summed E-state index contributed by atoms with van der Waals surface area (Å²) in [7, 11) is 0. The van der Waals surface area contributed by atoms with Crippen molar-refractivity contribution in [2.24, 2.45) is 5.10 Å². The molecule has 0 aliphatic rings. The lowest BCUT2D eigenvalue weighted by Crippen LogP contribution is -2.19. The van der Waals surface area contributed by atoms with E-state index < -0.39 is 10.8 Å². The van der Waals surface area contributed by atoms with Gasteiger partial charge < -0.3 is 10.5 Å². The number of ether oxygens (including phenoxy) is 1. The predicted octanol–water partition coefficient (Wildman–Crippen LogP) is 2.62. The lowest BCUT2D eigenvalue weighted by molar-refractivity contribution is -0.385. The first kappa shape index (κ1) is 23.3. The fourth-order valence-corrected chi connectivity index (χ4v) is 3.29. The monoisotopic (exact) mass is 497 g/mol. The zero-order valence-electron chi connectivity index (χ0n) is 18.0. The van der Waals surface area contributed by atoms with Gasteiger partial charge in [-0.3, -0.25) is 14.9 Å². The Labute approximate surface area is 201 Å². The van der Waals surface area contributed by atoms with E-state index in [0.29, 0.717) is 17.9 Å². The second kappa shape index (κ2) is 9.96. The fraction of sp³-hybridized carbons (Fsp3) is 0.100. The molecule has 0 atom stereocenters. The molecule has 2 aromatic carbocycles. The number of hydrogen-bond donors (Lipinski definition) is 2. The number of nitrogens with zero attached hydrogens (tertiary/aromatic N) is 7. The third kappa shape index (κ3) is 4.77. The van der Waals surface area contributed by atoms with Crippen molar-refractivity contribution in [1.29, 1.82) is 0 Å². The Balaban J connectivity index is 1.69. The second-order valence-corrected chi connectivity index (χ2v) is 7.16.